The van der Waals surface area contributed by atoms with Gasteiger partial charge in [0.25, 0.3) is 0 Å². The number of fused-ring (bicyclic) bond motifs is 1. The molecule has 5 rings (SSSR count). The lowest BCUT2D eigenvalue weighted by molar-refractivity contribution is 0.339. The van der Waals surface area contributed by atoms with Crippen molar-refractivity contribution in [2.24, 2.45) is 0 Å². The second-order valence-corrected chi connectivity index (χ2v) is 8.16. The fourth-order valence-corrected chi connectivity index (χ4v) is 3.98. The predicted octanol–water partition coefficient (Wildman–Crippen LogP) is 4.87. The fourth-order valence-electron chi connectivity index (χ4n) is 3.98. The van der Waals surface area contributed by atoms with Gasteiger partial charge in [0.2, 0.25) is 5.89 Å². The molecule has 2 aromatic carbocycles. The van der Waals surface area contributed by atoms with Gasteiger partial charge >= 0.3 is 0 Å². The number of benzene rings is 2. The van der Waals surface area contributed by atoms with Crippen LogP contribution in [0.1, 0.15) is 55.7 Å². The number of nitrogens with zero attached hydrogens (tertiary/aromatic N) is 4. The number of para-hydroxylation sites is 2. The molecule has 5 nitrogen and oxygen atoms in total. The first-order valence-corrected chi connectivity index (χ1v) is 9.97. The van der Waals surface area contributed by atoms with Crippen molar-refractivity contribution in [1.29, 1.82) is 0 Å². The van der Waals surface area contributed by atoms with Gasteiger partial charge in [0.15, 0.2) is 5.82 Å². The Morgan fingerprint density at radius 1 is 1.00 bits per heavy atom. The van der Waals surface area contributed by atoms with Gasteiger partial charge in [-0.15, -0.1) is 0 Å². The molecule has 2 aromatic heterocycles. The third-order valence-corrected chi connectivity index (χ3v) is 5.66. The smallest absolute Gasteiger partial charge is 0.233 e. The summed E-state index contributed by atoms with van der Waals surface area (Å²) in [5.74, 6) is 2.88. The van der Waals surface area contributed by atoms with Crippen molar-refractivity contribution in [3.8, 4) is 0 Å². The second-order valence-electron chi connectivity index (χ2n) is 8.16. The molecule has 2 heterocycles. The van der Waals surface area contributed by atoms with Gasteiger partial charge in [-0.25, -0.2) is 4.98 Å². The van der Waals surface area contributed by atoms with E-state index in [1.807, 2.05) is 12.1 Å². The Bertz CT molecular complexity index is 1110. The molecular formula is C23H24N4O. The Balaban J connectivity index is 1.44. The molecular weight excluding hydrogens is 348 g/mol. The summed E-state index contributed by atoms with van der Waals surface area (Å²) in [5.41, 5.74) is 3.47. The van der Waals surface area contributed by atoms with Crippen molar-refractivity contribution in [2.75, 3.05) is 0 Å². The first-order valence-electron chi connectivity index (χ1n) is 9.97. The fraction of sp³-hybridized carbons (Fsp3) is 0.348. The molecule has 0 N–H and O–H groups in total. The van der Waals surface area contributed by atoms with Crippen LogP contribution in [0.4, 0.5) is 0 Å². The van der Waals surface area contributed by atoms with E-state index in [-0.39, 0.29) is 5.41 Å². The monoisotopic (exact) mass is 372 g/mol. The van der Waals surface area contributed by atoms with Crippen LogP contribution in [0.3, 0.4) is 0 Å². The number of imidazole rings is 1. The van der Waals surface area contributed by atoms with Crippen molar-refractivity contribution in [3.05, 3.63) is 77.7 Å². The second kappa shape index (κ2) is 6.59. The maximum Gasteiger partial charge on any atom is 0.233 e. The van der Waals surface area contributed by atoms with Crippen molar-refractivity contribution in [2.45, 2.75) is 51.0 Å². The molecule has 1 fully saturated rings. The van der Waals surface area contributed by atoms with Gasteiger partial charge in [-0.1, -0.05) is 61.5 Å². The average Bonchev–Trinajstić information content (AvgIpc) is 3.17. The lowest BCUT2D eigenvalue weighted by Gasteiger charge is -2.10. The Morgan fingerprint density at radius 2 is 1.75 bits per heavy atom. The highest BCUT2D eigenvalue weighted by molar-refractivity contribution is 5.76. The zero-order valence-electron chi connectivity index (χ0n) is 16.3. The third kappa shape index (κ3) is 3.01. The van der Waals surface area contributed by atoms with Gasteiger partial charge in [-0.05, 0) is 37.0 Å². The molecule has 4 aromatic rings. The van der Waals surface area contributed by atoms with E-state index in [2.05, 4.69) is 66.0 Å². The first kappa shape index (κ1) is 17.2. The van der Waals surface area contributed by atoms with Crippen LogP contribution >= 0.6 is 0 Å². The van der Waals surface area contributed by atoms with Crippen LogP contribution in [-0.4, -0.2) is 19.7 Å². The molecule has 0 unspecified atom stereocenters. The normalized spacial score (nSPS) is 15.4. The summed E-state index contributed by atoms with van der Waals surface area (Å²) in [6.07, 6.45) is 3.17. The molecule has 142 valence electrons. The summed E-state index contributed by atoms with van der Waals surface area (Å²) < 4.78 is 7.94. The highest BCUT2D eigenvalue weighted by Crippen LogP contribution is 2.49. The largest absolute Gasteiger partial charge is 0.339 e. The molecule has 0 spiro atoms. The molecule has 5 heteroatoms. The van der Waals surface area contributed by atoms with E-state index < -0.39 is 0 Å². The summed E-state index contributed by atoms with van der Waals surface area (Å²) >= 11 is 0. The van der Waals surface area contributed by atoms with Gasteiger partial charge in [-0.3, -0.25) is 0 Å². The summed E-state index contributed by atoms with van der Waals surface area (Å²) in [6.45, 7) is 4.91. The van der Waals surface area contributed by atoms with E-state index in [9.17, 15) is 0 Å². The van der Waals surface area contributed by atoms with Gasteiger partial charge in [0.05, 0.1) is 23.0 Å². The van der Waals surface area contributed by atoms with Gasteiger partial charge in [0.1, 0.15) is 5.82 Å². The van der Waals surface area contributed by atoms with Crippen LogP contribution in [-0.2, 0) is 18.4 Å². The predicted molar refractivity (Wildman–Crippen MR) is 108 cm³/mol. The van der Waals surface area contributed by atoms with Crippen LogP contribution in [0.2, 0.25) is 0 Å². The first-order chi connectivity index (χ1) is 13.6. The van der Waals surface area contributed by atoms with E-state index in [0.29, 0.717) is 12.5 Å². The van der Waals surface area contributed by atoms with Crippen molar-refractivity contribution in [1.82, 2.24) is 19.7 Å². The molecule has 28 heavy (non-hydrogen) atoms. The average molecular weight is 372 g/mol. The number of rotatable bonds is 6. The van der Waals surface area contributed by atoms with Crippen LogP contribution in [0.5, 0.6) is 0 Å². The van der Waals surface area contributed by atoms with E-state index >= 15 is 0 Å². The molecule has 0 bridgehead atoms. The lowest BCUT2D eigenvalue weighted by atomic mass is 9.96. The van der Waals surface area contributed by atoms with Gasteiger partial charge < -0.3 is 9.09 Å². The van der Waals surface area contributed by atoms with E-state index in [1.165, 1.54) is 5.56 Å². The quantitative estimate of drug-likeness (QED) is 0.485. The molecule has 1 saturated carbocycles. The SMILES string of the molecule is CC(C)c1nc2ccccc2n1Cc1noc(C2(Cc3ccccc3)CC2)n1. The highest BCUT2D eigenvalue weighted by atomic mass is 16.5. The number of hydrogen-bond donors (Lipinski definition) is 0. The Labute approximate surface area is 164 Å². The zero-order valence-corrected chi connectivity index (χ0v) is 16.3. The lowest BCUT2D eigenvalue weighted by Crippen LogP contribution is -2.12. The van der Waals surface area contributed by atoms with Crippen LogP contribution in [0.15, 0.2) is 59.1 Å². The van der Waals surface area contributed by atoms with Crippen LogP contribution in [0, 0.1) is 0 Å². The van der Waals surface area contributed by atoms with Crippen molar-refractivity contribution in [3.63, 3.8) is 0 Å². The maximum atomic E-state index is 5.73. The summed E-state index contributed by atoms with van der Waals surface area (Å²) in [7, 11) is 0. The summed E-state index contributed by atoms with van der Waals surface area (Å²) in [4.78, 5) is 9.61. The van der Waals surface area contributed by atoms with Crippen LogP contribution in [0.25, 0.3) is 11.0 Å². The minimum atomic E-state index is 0.0183. The number of aromatic nitrogens is 4. The van der Waals surface area contributed by atoms with Crippen molar-refractivity contribution >= 4 is 11.0 Å². The minimum absolute atomic E-state index is 0.0183. The standard InChI is InChI=1S/C23H24N4O/c1-16(2)21-24-18-10-6-7-11-19(18)27(21)15-20-25-22(28-26-20)23(12-13-23)14-17-8-4-3-5-9-17/h3-11,16H,12-15H2,1-2H3. The molecule has 1 aliphatic rings. The molecule has 1 aliphatic carbocycles. The van der Waals surface area contributed by atoms with E-state index in [1.54, 1.807) is 0 Å². The van der Waals surface area contributed by atoms with E-state index in [0.717, 1.165) is 47.8 Å². The van der Waals surface area contributed by atoms with Crippen molar-refractivity contribution < 1.29 is 4.52 Å². The zero-order chi connectivity index (χ0) is 19.1. The minimum Gasteiger partial charge on any atom is -0.339 e. The highest BCUT2D eigenvalue weighted by Gasteiger charge is 2.49. The molecule has 0 aliphatic heterocycles. The maximum absolute atomic E-state index is 5.73. The number of hydrogen-bond acceptors (Lipinski definition) is 4. The Morgan fingerprint density at radius 3 is 2.50 bits per heavy atom. The van der Waals surface area contributed by atoms with Gasteiger partial charge in [-0.2, -0.15) is 4.98 Å². The summed E-state index contributed by atoms with van der Waals surface area (Å²) in [5, 5.41) is 4.31. The molecule has 0 saturated heterocycles. The molecule has 0 radical (unpaired) electrons. The molecule has 0 atom stereocenters. The van der Waals surface area contributed by atoms with Gasteiger partial charge in [0, 0.05) is 5.92 Å². The van der Waals surface area contributed by atoms with Crippen LogP contribution < -0.4 is 0 Å². The third-order valence-electron chi connectivity index (χ3n) is 5.66. The van der Waals surface area contributed by atoms with E-state index in [4.69, 9.17) is 14.5 Å². The Kier molecular flexibility index (Phi) is 4.04. The Hall–Kier alpha value is -2.95. The topological polar surface area (TPSA) is 56.7 Å². The summed E-state index contributed by atoms with van der Waals surface area (Å²) in [6, 6.07) is 18.8. The molecule has 0 amide bonds.